The van der Waals surface area contributed by atoms with E-state index >= 15 is 0 Å². The van der Waals surface area contributed by atoms with E-state index in [1.165, 1.54) is 27.8 Å². The Labute approximate surface area is 180 Å². The SMILES string of the molecule is Brc1cc2c(cn1)CN(C(c1ccccc1)(c1ccccc1)c1ccccc1)C2. The van der Waals surface area contributed by atoms with Crippen molar-refractivity contribution >= 4 is 15.9 Å². The molecule has 0 saturated carbocycles. The second-order valence-corrected chi connectivity index (χ2v) is 8.25. The number of benzene rings is 3. The van der Waals surface area contributed by atoms with Crippen molar-refractivity contribution < 1.29 is 0 Å². The Kier molecular flexibility index (Phi) is 4.78. The minimum absolute atomic E-state index is 0.380. The molecule has 0 unspecified atom stereocenters. The first-order valence-corrected chi connectivity index (χ1v) is 10.6. The molecule has 5 rings (SSSR count). The molecule has 0 N–H and O–H groups in total. The van der Waals surface area contributed by atoms with E-state index in [1.807, 2.05) is 6.20 Å². The Morgan fingerprint density at radius 2 is 1.10 bits per heavy atom. The summed E-state index contributed by atoms with van der Waals surface area (Å²) in [7, 11) is 0. The maximum Gasteiger partial charge on any atom is 0.106 e. The van der Waals surface area contributed by atoms with Crippen molar-refractivity contribution in [3.05, 3.63) is 136 Å². The summed E-state index contributed by atoms with van der Waals surface area (Å²) in [5, 5.41) is 0. The van der Waals surface area contributed by atoms with Crippen LogP contribution >= 0.6 is 15.9 Å². The molecule has 1 aliphatic rings. The molecule has 2 nitrogen and oxygen atoms in total. The number of pyridine rings is 1. The van der Waals surface area contributed by atoms with E-state index in [0.29, 0.717) is 0 Å². The number of halogens is 1. The number of hydrogen-bond acceptors (Lipinski definition) is 2. The maximum atomic E-state index is 4.48. The van der Waals surface area contributed by atoms with Crippen LogP contribution in [0.1, 0.15) is 27.8 Å². The van der Waals surface area contributed by atoms with Crippen molar-refractivity contribution in [2.24, 2.45) is 0 Å². The molecule has 3 heteroatoms. The first kappa shape index (κ1) is 18.3. The van der Waals surface area contributed by atoms with E-state index < -0.39 is 0 Å². The molecule has 4 aromatic rings. The highest BCUT2D eigenvalue weighted by Crippen LogP contribution is 2.46. The van der Waals surface area contributed by atoms with Gasteiger partial charge in [-0.3, -0.25) is 4.90 Å². The van der Waals surface area contributed by atoms with Gasteiger partial charge in [-0.15, -0.1) is 0 Å². The minimum Gasteiger partial charge on any atom is -0.277 e. The zero-order chi connectivity index (χ0) is 19.7. The lowest BCUT2D eigenvalue weighted by molar-refractivity contribution is 0.157. The Bertz CT molecular complexity index is 1010. The van der Waals surface area contributed by atoms with Crippen LogP contribution in [0.15, 0.2) is 108 Å². The molecule has 0 fully saturated rings. The molecule has 0 saturated heterocycles. The van der Waals surface area contributed by atoms with Gasteiger partial charge in [0.25, 0.3) is 0 Å². The molecule has 0 aliphatic carbocycles. The Morgan fingerprint density at radius 1 is 0.655 bits per heavy atom. The lowest BCUT2D eigenvalue weighted by atomic mass is 9.75. The molecule has 0 atom stereocenters. The van der Waals surface area contributed by atoms with Gasteiger partial charge < -0.3 is 0 Å². The first-order chi connectivity index (χ1) is 14.3. The first-order valence-electron chi connectivity index (χ1n) is 9.83. The molecule has 0 amide bonds. The van der Waals surface area contributed by atoms with Gasteiger partial charge in [0.05, 0.1) is 5.54 Å². The van der Waals surface area contributed by atoms with E-state index in [-0.39, 0.29) is 5.54 Å². The summed E-state index contributed by atoms with van der Waals surface area (Å²) in [5.74, 6) is 0. The summed E-state index contributed by atoms with van der Waals surface area (Å²) >= 11 is 3.54. The summed E-state index contributed by atoms with van der Waals surface area (Å²) < 4.78 is 0.892. The van der Waals surface area contributed by atoms with Crippen LogP contribution in [0, 0.1) is 0 Å². The topological polar surface area (TPSA) is 16.1 Å². The maximum absolute atomic E-state index is 4.48. The quantitative estimate of drug-likeness (QED) is 0.279. The second-order valence-electron chi connectivity index (χ2n) is 7.44. The van der Waals surface area contributed by atoms with E-state index in [0.717, 1.165) is 17.7 Å². The van der Waals surface area contributed by atoms with Crippen LogP contribution in [0.4, 0.5) is 0 Å². The number of nitrogens with zero attached hydrogens (tertiary/aromatic N) is 2. The van der Waals surface area contributed by atoms with Crippen LogP contribution in [0.5, 0.6) is 0 Å². The fourth-order valence-electron chi connectivity index (χ4n) is 4.58. The third kappa shape index (κ3) is 3.11. The average molecular weight is 441 g/mol. The summed E-state index contributed by atoms with van der Waals surface area (Å²) in [5.41, 5.74) is 6.07. The van der Waals surface area contributed by atoms with Crippen molar-refractivity contribution in [1.29, 1.82) is 0 Å². The molecule has 0 bridgehead atoms. The Hall–Kier alpha value is -2.75. The largest absolute Gasteiger partial charge is 0.277 e. The predicted molar refractivity (Wildman–Crippen MR) is 120 cm³/mol. The third-order valence-corrected chi connectivity index (χ3v) is 6.25. The van der Waals surface area contributed by atoms with Crippen molar-refractivity contribution in [2.75, 3.05) is 0 Å². The summed E-state index contributed by atoms with van der Waals surface area (Å²) in [6.07, 6.45) is 2.01. The highest BCUT2D eigenvalue weighted by Gasteiger charge is 2.44. The van der Waals surface area contributed by atoms with Gasteiger partial charge in [-0.2, -0.15) is 0 Å². The Morgan fingerprint density at radius 3 is 1.59 bits per heavy atom. The van der Waals surface area contributed by atoms with E-state index in [2.05, 4.69) is 123 Å². The lowest BCUT2D eigenvalue weighted by Gasteiger charge is -2.43. The van der Waals surface area contributed by atoms with Crippen LogP contribution in [0.25, 0.3) is 0 Å². The molecule has 0 spiro atoms. The van der Waals surface area contributed by atoms with Crippen molar-refractivity contribution in [3.8, 4) is 0 Å². The van der Waals surface area contributed by atoms with Gasteiger partial charge >= 0.3 is 0 Å². The molecule has 142 valence electrons. The number of hydrogen-bond donors (Lipinski definition) is 0. The van der Waals surface area contributed by atoms with Crippen molar-refractivity contribution in [3.63, 3.8) is 0 Å². The minimum atomic E-state index is -0.380. The Balaban J connectivity index is 1.78. The number of aromatic nitrogens is 1. The molecular weight excluding hydrogens is 420 g/mol. The summed E-state index contributed by atoms with van der Waals surface area (Å²) in [6.45, 7) is 1.73. The zero-order valence-corrected chi connectivity index (χ0v) is 17.6. The predicted octanol–water partition coefficient (Wildman–Crippen LogP) is 6.15. The number of rotatable bonds is 4. The van der Waals surface area contributed by atoms with Crippen LogP contribution in [-0.2, 0) is 18.6 Å². The monoisotopic (exact) mass is 440 g/mol. The highest BCUT2D eigenvalue weighted by molar-refractivity contribution is 9.10. The highest BCUT2D eigenvalue weighted by atomic mass is 79.9. The smallest absolute Gasteiger partial charge is 0.106 e. The summed E-state index contributed by atoms with van der Waals surface area (Å²) in [4.78, 5) is 7.05. The van der Waals surface area contributed by atoms with Gasteiger partial charge in [-0.05, 0) is 49.8 Å². The molecule has 2 heterocycles. The van der Waals surface area contributed by atoms with Crippen LogP contribution in [0.3, 0.4) is 0 Å². The third-order valence-electron chi connectivity index (χ3n) is 5.82. The summed E-state index contributed by atoms with van der Waals surface area (Å²) in [6, 6.07) is 34.7. The van der Waals surface area contributed by atoms with E-state index in [1.54, 1.807) is 0 Å². The molecule has 1 aromatic heterocycles. The van der Waals surface area contributed by atoms with Crippen molar-refractivity contribution in [2.45, 2.75) is 18.6 Å². The van der Waals surface area contributed by atoms with Crippen LogP contribution in [0.2, 0.25) is 0 Å². The number of fused-ring (bicyclic) bond motifs is 1. The average Bonchev–Trinajstić information content (AvgIpc) is 3.20. The fraction of sp³-hybridized carbons (Fsp3) is 0.115. The zero-order valence-electron chi connectivity index (χ0n) is 16.0. The van der Waals surface area contributed by atoms with Gasteiger partial charge in [0, 0.05) is 19.3 Å². The van der Waals surface area contributed by atoms with E-state index in [4.69, 9.17) is 0 Å². The molecular formula is C26H21BrN2. The van der Waals surface area contributed by atoms with Crippen LogP contribution in [-0.4, -0.2) is 9.88 Å². The fourth-order valence-corrected chi connectivity index (χ4v) is 4.95. The lowest BCUT2D eigenvalue weighted by Crippen LogP contribution is -2.45. The standard InChI is InChI=1S/C26H21BrN2/c27-25-16-20-18-29(19-21(20)17-28-25)26(22-10-4-1-5-11-22,23-12-6-2-7-13-23)24-14-8-3-9-15-24/h1-17H,18-19H2. The van der Waals surface area contributed by atoms with Crippen molar-refractivity contribution in [1.82, 2.24) is 9.88 Å². The van der Waals surface area contributed by atoms with Gasteiger partial charge in [0.1, 0.15) is 4.60 Å². The molecule has 1 aliphatic heterocycles. The van der Waals surface area contributed by atoms with Gasteiger partial charge in [0.2, 0.25) is 0 Å². The molecule has 29 heavy (non-hydrogen) atoms. The molecule has 0 radical (unpaired) electrons. The van der Waals surface area contributed by atoms with Gasteiger partial charge in [-0.25, -0.2) is 4.98 Å². The molecule has 3 aromatic carbocycles. The van der Waals surface area contributed by atoms with Gasteiger partial charge in [0.15, 0.2) is 0 Å². The van der Waals surface area contributed by atoms with Crippen LogP contribution < -0.4 is 0 Å². The normalized spacial score (nSPS) is 14.0. The van der Waals surface area contributed by atoms with E-state index in [9.17, 15) is 0 Å². The second kappa shape index (κ2) is 7.58. The van der Waals surface area contributed by atoms with Gasteiger partial charge in [-0.1, -0.05) is 91.0 Å².